The summed E-state index contributed by atoms with van der Waals surface area (Å²) < 4.78 is -0.735. The standard InChI is InChI=1S/C15H30Cl2N4.2Mn/c1-19-8-3-9-21-11-5-14(4-10-19)18-7-13-20(2)12-6-15(21,16)17;;/h14,18H,3-13H2,1-2H3;;/q;2*+2. The molecule has 2 rings (SSSR count). The van der Waals surface area contributed by atoms with Crippen molar-refractivity contribution < 1.29 is 34.1 Å². The van der Waals surface area contributed by atoms with Crippen LogP contribution in [0.5, 0.6) is 0 Å². The van der Waals surface area contributed by atoms with Crippen molar-refractivity contribution in [3.63, 3.8) is 0 Å². The molecule has 2 heterocycles. The number of nitrogens with zero attached hydrogens (tertiary/aromatic N) is 3. The predicted octanol–water partition coefficient (Wildman–Crippen LogP) is 1.82. The second-order valence-corrected chi connectivity index (χ2v) is 8.04. The van der Waals surface area contributed by atoms with Crippen LogP contribution in [-0.2, 0) is 34.1 Å². The van der Waals surface area contributed by atoms with Gasteiger partial charge in [0.2, 0.25) is 0 Å². The summed E-state index contributed by atoms with van der Waals surface area (Å²) in [5.41, 5.74) is 0. The Morgan fingerprint density at radius 2 is 1.52 bits per heavy atom. The van der Waals surface area contributed by atoms with Crippen LogP contribution in [0.3, 0.4) is 0 Å². The number of likely N-dealkylation sites (N-methyl/N-ethyl adjacent to an activating group) is 1. The molecule has 0 amide bonds. The normalized spacial score (nSPS) is 31.3. The van der Waals surface area contributed by atoms with Gasteiger partial charge in [-0.25, -0.2) is 0 Å². The summed E-state index contributed by atoms with van der Waals surface area (Å²) in [6.45, 7) is 7.29. The first kappa shape index (κ1) is 24.5. The topological polar surface area (TPSA) is 21.8 Å². The minimum atomic E-state index is -0.735. The van der Waals surface area contributed by atoms with Gasteiger partial charge in [-0.15, -0.1) is 0 Å². The van der Waals surface area contributed by atoms with Crippen LogP contribution in [-0.4, -0.2) is 85.1 Å². The summed E-state index contributed by atoms with van der Waals surface area (Å²) in [5.74, 6) is 0. The van der Waals surface area contributed by atoms with Crippen LogP contribution in [0.25, 0.3) is 0 Å². The average molecular weight is 447 g/mol. The summed E-state index contributed by atoms with van der Waals surface area (Å²) >= 11 is 13.3. The van der Waals surface area contributed by atoms with Crippen LogP contribution in [0.1, 0.15) is 25.7 Å². The van der Waals surface area contributed by atoms with E-state index in [0.29, 0.717) is 6.04 Å². The maximum absolute atomic E-state index is 6.67. The molecule has 134 valence electrons. The van der Waals surface area contributed by atoms with E-state index in [1.807, 2.05) is 0 Å². The smallest absolute Gasteiger partial charge is 0.313 e. The monoisotopic (exact) mass is 446 g/mol. The molecule has 0 spiro atoms. The van der Waals surface area contributed by atoms with Gasteiger partial charge in [0.1, 0.15) is 0 Å². The molecule has 0 aromatic carbocycles. The molecular formula is C15H30Cl2Mn2N4+4. The number of alkyl halides is 2. The van der Waals surface area contributed by atoms with Crippen molar-refractivity contribution in [3.8, 4) is 0 Å². The van der Waals surface area contributed by atoms with Gasteiger partial charge < -0.3 is 15.1 Å². The third kappa shape index (κ3) is 8.59. The van der Waals surface area contributed by atoms with Gasteiger partial charge in [0, 0.05) is 45.2 Å². The summed E-state index contributed by atoms with van der Waals surface area (Å²) in [6, 6.07) is 0.559. The molecule has 2 fully saturated rings. The van der Waals surface area contributed by atoms with Crippen LogP contribution in [0.15, 0.2) is 0 Å². The molecule has 2 aliphatic heterocycles. The van der Waals surface area contributed by atoms with Crippen molar-refractivity contribution in [3.05, 3.63) is 0 Å². The molecule has 23 heavy (non-hydrogen) atoms. The quantitative estimate of drug-likeness (QED) is 0.348. The Labute approximate surface area is 172 Å². The SMILES string of the molecule is CN1CCCN2CCC(CC1)NCCN(C)CCC2(Cl)Cl.[Mn+2].[Mn+2]. The van der Waals surface area contributed by atoms with Crippen molar-refractivity contribution >= 4 is 23.2 Å². The van der Waals surface area contributed by atoms with Gasteiger partial charge in [0.15, 0.2) is 4.46 Å². The minimum Gasteiger partial charge on any atom is -0.313 e. The molecule has 1 N–H and O–H groups in total. The number of nitrogens with one attached hydrogen (secondary N) is 1. The number of fused-ring (bicyclic) bond motifs is 3. The average Bonchev–Trinajstić information content (AvgIpc) is 2.46. The molecule has 4 nitrogen and oxygen atoms in total. The first-order chi connectivity index (χ1) is 9.97. The second kappa shape index (κ2) is 12.0. The molecule has 8 heteroatoms. The van der Waals surface area contributed by atoms with E-state index in [9.17, 15) is 0 Å². The van der Waals surface area contributed by atoms with Crippen LogP contribution >= 0.6 is 23.2 Å². The van der Waals surface area contributed by atoms with Crippen LogP contribution < -0.4 is 5.32 Å². The first-order valence-electron chi connectivity index (χ1n) is 8.21. The van der Waals surface area contributed by atoms with Crippen LogP contribution in [0, 0.1) is 0 Å². The Hall–Kier alpha value is 1.46. The summed E-state index contributed by atoms with van der Waals surface area (Å²) in [6.07, 6.45) is 4.25. The first-order valence-corrected chi connectivity index (χ1v) is 8.96. The van der Waals surface area contributed by atoms with Gasteiger partial charge in [0.25, 0.3) is 0 Å². The molecule has 0 aromatic rings. The zero-order chi connectivity index (χ0) is 15.3. The number of hydrogen-bond donors (Lipinski definition) is 1. The van der Waals surface area contributed by atoms with E-state index in [1.54, 1.807) is 0 Å². The Bertz CT molecular complexity index is 324. The fraction of sp³-hybridized carbons (Fsp3) is 1.00. The molecule has 0 saturated carbocycles. The molecule has 2 atom stereocenters. The molecule has 2 aliphatic rings. The van der Waals surface area contributed by atoms with E-state index < -0.39 is 4.46 Å². The van der Waals surface area contributed by atoms with Gasteiger partial charge in [0.05, 0.1) is 0 Å². The van der Waals surface area contributed by atoms with E-state index in [2.05, 4.69) is 34.1 Å². The minimum absolute atomic E-state index is 0. The van der Waals surface area contributed by atoms with Gasteiger partial charge in [-0.05, 0) is 46.4 Å². The third-order valence-corrected chi connectivity index (χ3v) is 5.61. The van der Waals surface area contributed by atoms with E-state index in [1.165, 1.54) is 13.0 Å². The van der Waals surface area contributed by atoms with Gasteiger partial charge in [-0.2, -0.15) is 0 Å². The zero-order valence-electron chi connectivity index (χ0n) is 14.2. The molecule has 0 aromatic heterocycles. The fourth-order valence-corrected chi connectivity index (χ4v) is 3.68. The van der Waals surface area contributed by atoms with Crippen molar-refractivity contribution in [1.29, 1.82) is 0 Å². The van der Waals surface area contributed by atoms with Gasteiger partial charge in [-0.3, -0.25) is 4.90 Å². The molecule has 0 aliphatic carbocycles. The van der Waals surface area contributed by atoms with E-state index in [4.69, 9.17) is 23.2 Å². The molecule has 2 unspecified atom stereocenters. The predicted molar refractivity (Wildman–Crippen MR) is 91.3 cm³/mol. The molecule has 2 radical (unpaired) electrons. The zero-order valence-corrected chi connectivity index (χ0v) is 18.1. The number of hydrogen-bond acceptors (Lipinski definition) is 4. The maximum Gasteiger partial charge on any atom is 2.00 e. The Morgan fingerprint density at radius 3 is 2.26 bits per heavy atom. The molecular weight excluding hydrogens is 417 g/mol. The van der Waals surface area contributed by atoms with Gasteiger partial charge >= 0.3 is 34.1 Å². The third-order valence-electron chi connectivity index (χ3n) is 4.76. The van der Waals surface area contributed by atoms with Crippen molar-refractivity contribution in [1.82, 2.24) is 20.0 Å². The number of halogens is 2. The maximum atomic E-state index is 6.67. The Balaban J connectivity index is 0.00000242. The summed E-state index contributed by atoms with van der Waals surface area (Å²) in [7, 11) is 4.36. The summed E-state index contributed by atoms with van der Waals surface area (Å²) in [5, 5.41) is 3.72. The van der Waals surface area contributed by atoms with Crippen molar-refractivity contribution in [2.45, 2.75) is 36.2 Å². The largest absolute Gasteiger partial charge is 2.00 e. The van der Waals surface area contributed by atoms with Crippen molar-refractivity contribution in [2.24, 2.45) is 0 Å². The summed E-state index contributed by atoms with van der Waals surface area (Å²) in [4.78, 5) is 7.02. The second-order valence-electron chi connectivity index (χ2n) is 6.59. The fourth-order valence-electron chi connectivity index (χ4n) is 3.17. The number of rotatable bonds is 0. The van der Waals surface area contributed by atoms with E-state index in [0.717, 1.165) is 58.5 Å². The van der Waals surface area contributed by atoms with Crippen molar-refractivity contribution in [2.75, 3.05) is 59.9 Å². The van der Waals surface area contributed by atoms with E-state index in [-0.39, 0.29) is 34.1 Å². The van der Waals surface area contributed by atoms with Gasteiger partial charge in [-0.1, -0.05) is 23.2 Å². The van der Waals surface area contributed by atoms with Crippen LogP contribution in [0.2, 0.25) is 0 Å². The molecule has 2 saturated heterocycles. The van der Waals surface area contributed by atoms with E-state index >= 15 is 0 Å². The Morgan fingerprint density at radius 1 is 0.870 bits per heavy atom. The Kier molecular flexibility index (Phi) is 12.7. The molecule has 2 bridgehead atoms. The van der Waals surface area contributed by atoms with Crippen LogP contribution in [0.4, 0.5) is 0 Å².